The fraction of sp³-hybridized carbons (Fsp3) is 0.647. The average Bonchev–Trinajstić information content (AvgIpc) is 3.35. The predicted octanol–water partition coefficient (Wildman–Crippen LogP) is 1.48. The van der Waals surface area contributed by atoms with E-state index in [1.165, 1.54) is 16.8 Å². The Labute approximate surface area is 201 Å². The normalized spacial score (nSPS) is 30.6. The van der Waals surface area contributed by atoms with Crippen LogP contribution in [-0.4, -0.2) is 82.3 Å². The third-order valence-corrected chi connectivity index (χ3v) is 9.32. The van der Waals surface area contributed by atoms with Gasteiger partial charge in [0, 0.05) is 24.9 Å². The van der Waals surface area contributed by atoms with E-state index in [4.69, 9.17) is 26.1 Å². The van der Waals surface area contributed by atoms with Crippen LogP contribution in [0.4, 0.5) is 14.5 Å². The lowest BCUT2D eigenvalue weighted by Gasteiger charge is -2.18. The van der Waals surface area contributed by atoms with Gasteiger partial charge in [-0.3, -0.25) is 9.13 Å². The van der Waals surface area contributed by atoms with Gasteiger partial charge in [0.2, 0.25) is 5.92 Å². The Balaban J connectivity index is 1.53. The van der Waals surface area contributed by atoms with E-state index in [0.717, 1.165) is 0 Å². The summed E-state index contributed by atoms with van der Waals surface area (Å²) in [7, 11) is -9.57. The van der Waals surface area contributed by atoms with Gasteiger partial charge in [0.25, 0.3) is 0 Å². The summed E-state index contributed by atoms with van der Waals surface area (Å²) >= 11 is 6.10. The lowest BCUT2D eigenvalue weighted by Crippen LogP contribution is -2.33. The van der Waals surface area contributed by atoms with Gasteiger partial charge in [-0.15, -0.1) is 0 Å². The first-order valence-corrected chi connectivity index (χ1v) is 14.3. The van der Waals surface area contributed by atoms with Gasteiger partial charge in [0.15, 0.2) is 16.9 Å². The molecule has 0 aromatic carbocycles. The Morgan fingerprint density at radius 2 is 2.00 bits per heavy atom. The zero-order valence-corrected chi connectivity index (χ0v) is 20.4. The number of aliphatic hydroxyl groups is 2. The number of nitrogens with one attached hydrogen (secondary N) is 1. The number of nitrogens with zero attached hydrogens (tertiary/aromatic N) is 3. The van der Waals surface area contributed by atoms with Crippen LogP contribution in [0, 0.1) is 0 Å². The van der Waals surface area contributed by atoms with E-state index in [-0.39, 0.29) is 30.2 Å². The molecule has 2 aromatic heterocycles. The lowest BCUT2D eigenvalue weighted by atomic mass is 10.1. The van der Waals surface area contributed by atoms with E-state index >= 15 is 0 Å². The second kappa shape index (κ2) is 9.56. The summed E-state index contributed by atoms with van der Waals surface area (Å²) in [4.78, 5) is 31.5. The van der Waals surface area contributed by atoms with Crippen LogP contribution in [0.15, 0.2) is 12.3 Å². The molecule has 2 aromatic rings. The molecule has 0 amide bonds. The lowest BCUT2D eigenvalue weighted by molar-refractivity contribution is -0.0217. The molecule has 6 atom stereocenters. The van der Waals surface area contributed by atoms with Crippen molar-refractivity contribution in [2.45, 2.75) is 55.6 Å². The van der Waals surface area contributed by atoms with Crippen LogP contribution in [0.25, 0.3) is 5.52 Å². The van der Waals surface area contributed by atoms with Gasteiger partial charge in [-0.1, -0.05) is 11.6 Å². The fourth-order valence-electron chi connectivity index (χ4n) is 4.13. The van der Waals surface area contributed by atoms with Crippen molar-refractivity contribution in [3.8, 4) is 0 Å². The maximum atomic E-state index is 13.6. The molecule has 35 heavy (non-hydrogen) atoms. The smallest absolute Gasteiger partial charge is 0.340 e. The van der Waals surface area contributed by atoms with Crippen LogP contribution >= 0.6 is 26.8 Å². The molecule has 1 aliphatic carbocycles. The zero-order chi connectivity index (χ0) is 25.8. The van der Waals surface area contributed by atoms with Crippen molar-refractivity contribution in [1.29, 1.82) is 0 Å². The number of halogens is 3. The number of hydrogen-bond acceptors (Lipinski definition) is 9. The second-order valence-corrected chi connectivity index (χ2v) is 12.9. The number of hydrogen-bond donors (Lipinski definition) is 6. The quantitative estimate of drug-likeness (QED) is 0.254. The molecular weight excluding hydrogens is 540 g/mol. The standard InChI is InChI=1S/C17H23ClF2N4O9P2/c18-12-3-9(22-8-1-2-17(19,20)4-8)10-5-21-16(24(10)23-12)15-14(26)13(25)11(33-15)6-32-35(30,31)7-34(27,28)29/h3,5,8,11,13-15,22,25-26H,1-2,4,6-7H2,(H,30,31)(H2,27,28,29)/t8?,11-,13-,14-,15-/m1/s1. The highest BCUT2D eigenvalue weighted by Crippen LogP contribution is 2.55. The molecule has 196 valence electrons. The highest BCUT2D eigenvalue weighted by Gasteiger charge is 2.47. The van der Waals surface area contributed by atoms with Crippen molar-refractivity contribution in [3.05, 3.63) is 23.2 Å². The summed E-state index contributed by atoms with van der Waals surface area (Å²) in [6.07, 6.45) is -4.85. The molecule has 2 fully saturated rings. The minimum absolute atomic E-state index is 0.00116. The van der Waals surface area contributed by atoms with Crippen LogP contribution in [-0.2, 0) is 18.4 Å². The van der Waals surface area contributed by atoms with Gasteiger partial charge >= 0.3 is 15.2 Å². The maximum Gasteiger partial charge on any atom is 0.340 e. The molecule has 0 radical (unpaired) electrons. The van der Waals surface area contributed by atoms with Crippen LogP contribution < -0.4 is 5.32 Å². The molecule has 1 saturated heterocycles. The molecular formula is C17H23ClF2N4O9P2. The number of imidazole rings is 1. The molecule has 3 heterocycles. The Hall–Kier alpha value is -1.25. The third kappa shape index (κ3) is 6.19. The molecule has 2 aliphatic rings. The van der Waals surface area contributed by atoms with E-state index in [9.17, 15) is 33.0 Å². The second-order valence-electron chi connectivity index (χ2n) is 8.55. The van der Waals surface area contributed by atoms with E-state index in [1.807, 2.05) is 0 Å². The first-order valence-electron chi connectivity index (χ1n) is 10.4. The molecule has 1 aliphatic heterocycles. The van der Waals surface area contributed by atoms with E-state index in [2.05, 4.69) is 19.9 Å². The van der Waals surface area contributed by atoms with Crippen LogP contribution in [0.2, 0.25) is 5.15 Å². The minimum Gasteiger partial charge on any atom is -0.387 e. The number of alkyl halides is 2. The zero-order valence-electron chi connectivity index (χ0n) is 17.8. The van der Waals surface area contributed by atoms with Crippen molar-refractivity contribution in [2.24, 2.45) is 0 Å². The first-order chi connectivity index (χ1) is 16.1. The molecule has 0 bridgehead atoms. The molecule has 18 heteroatoms. The summed E-state index contributed by atoms with van der Waals surface area (Å²) in [6.45, 7) is -0.761. The summed E-state index contributed by atoms with van der Waals surface area (Å²) in [5.41, 5.74) is 0.712. The van der Waals surface area contributed by atoms with Crippen LogP contribution in [0.5, 0.6) is 0 Å². The SMILES string of the molecule is O=P(O)(O)CP(=O)(O)OC[C@H]1O[C@@H](c2ncc3c(NC4CCC(F)(F)C4)cc(Cl)nn23)[C@H](O)[C@@H]1O. The molecule has 6 N–H and O–H groups in total. The predicted molar refractivity (Wildman–Crippen MR) is 117 cm³/mol. The van der Waals surface area contributed by atoms with Gasteiger partial charge in [-0.2, -0.15) is 5.10 Å². The topological polar surface area (TPSA) is 196 Å². The Morgan fingerprint density at radius 1 is 1.29 bits per heavy atom. The van der Waals surface area contributed by atoms with E-state index in [0.29, 0.717) is 11.2 Å². The van der Waals surface area contributed by atoms with Crippen LogP contribution in [0.1, 0.15) is 31.2 Å². The van der Waals surface area contributed by atoms with Crippen LogP contribution in [0.3, 0.4) is 0 Å². The minimum atomic E-state index is -4.86. The molecule has 1 saturated carbocycles. The number of fused-ring (bicyclic) bond motifs is 1. The molecule has 13 nitrogen and oxygen atoms in total. The first kappa shape index (κ1) is 26.8. The van der Waals surface area contributed by atoms with E-state index in [1.54, 1.807) is 0 Å². The van der Waals surface area contributed by atoms with Crippen molar-refractivity contribution in [3.63, 3.8) is 0 Å². The molecule has 4 rings (SSSR count). The number of rotatable bonds is 8. The van der Waals surface area contributed by atoms with Crippen molar-refractivity contribution in [1.82, 2.24) is 14.6 Å². The summed E-state index contributed by atoms with van der Waals surface area (Å²) in [6, 6.07) is 0.931. The van der Waals surface area contributed by atoms with E-state index < -0.39 is 64.1 Å². The summed E-state index contributed by atoms with van der Waals surface area (Å²) < 4.78 is 61.5. The average molecular weight is 563 g/mol. The molecule has 0 spiro atoms. The number of aliphatic hydroxyl groups excluding tert-OH is 2. The van der Waals surface area contributed by atoms with Gasteiger partial charge < -0.3 is 39.5 Å². The van der Waals surface area contributed by atoms with Crippen molar-refractivity contribution in [2.75, 3.05) is 17.8 Å². The summed E-state index contributed by atoms with van der Waals surface area (Å²) in [5.74, 6) is -4.20. The number of ether oxygens (including phenoxy) is 1. The summed E-state index contributed by atoms with van der Waals surface area (Å²) in [5, 5.41) is 27.9. The largest absolute Gasteiger partial charge is 0.387 e. The maximum absolute atomic E-state index is 13.6. The van der Waals surface area contributed by atoms with Gasteiger partial charge in [-0.25, -0.2) is 18.3 Å². The van der Waals surface area contributed by atoms with Gasteiger partial charge in [-0.05, 0) is 6.42 Å². The Kier molecular flexibility index (Phi) is 7.32. The Morgan fingerprint density at radius 3 is 2.63 bits per heavy atom. The van der Waals surface area contributed by atoms with Gasteiger partial charge in [0.1, 0.15) is 29.9 Å². The number of aromatic nitrogens is 3. The fourth-order valence-corrected chi connectivity index (χ4v) is 6.89. The highest BCUT2D eigenvalue weighted by atomic mass is 35.5. The van der Waals surface area contributed by atoms with Crippen molar-refractivity contribution < 1.29 is 52.1 Å². The third-order valence-electron chi connectivity index (χ3n) is 5.68. The number of anilines is 1. The Bertz CT molecular complexity index is 1200. The monoisotopic (exact) mass is 562 g/mol. The van der Waals surface area contributed by atoms with Gasteiger partial charge in [0.05, 0.1) is 18.5 Å². The highest BCUT2D eigenvalue weighted by molar-refractivity contribution is 7.70. The van der Waals surface area contributed by atoms with Crippen molar-refractivity contribution >= 4 is 38.0 Å². The molecule has 2 unspecified atom stereocenters.